The van der Waals surface area contributed by atoms with Crippen LogP contribution in [-0.4, -0.2) is 32.1 Å². The summed E-state index contributed by atoms with van der Waals surface area (Å²) in [5, 5.41) is 4.96. The van der Waals surface area contributed by atoms with E-state index in [0.717, 1.165) is 6.07 Å². The highest BCUT2D eigenvalue weighted by Crippen LogP contribution is 2.32. The lowest BCUT2D eigenvalue weighted by Gasteiger charge is -2.11. The van der Waals surface area contributed by atoms with E-state index in [4.69, 9.17) is 16.3 Å². The molecule has 0 aliphatic rings. The van der Waals surface area contributed by atoms with Crippen molar-refractivity contribution >= 4 is 29.1 Å². The lowest BCUT2D eigenvalue weighted by molar-refractivity contribution is -0.140. The maximum Gasteiger partial charge on any atom is 0.419 e. The number of nitrogens with one attached hydrogen (secondary N) is 2. The smallest absolute Gasteiger partial charge is 0.383 e. The van der Waals surface area contributed by atoms with Crippen molar-refractivity contribution in [1.29, 1.82) is 0 Å². The van der Waals surface area contributed by atoms with Crippen LogP contribution in [0.15, 0.2) is 36.4 Å². The Bertz CT molecular complexity index is 888. The summed E-state index contributed by atoms with van der Waals surface area (Å²) in [5.41, 5.74) is -1.62. The van der Waals surface area contributed by atoms with Crippen molar-refractivity contribution in [2.24, 2.45) is 0 Å². The van der Waals surface area contributed by atoms with Gasteiger partial charge in [0, 0.05) is 24.9 Å². The van der Waals surface area contributed by atoms with Crippen molar-refractivity contribution in [3.05, 3.63) is 63.9 Å². The van der Waals surface area contributed by atoms with E-state index in [9.17, 15) is 27.2 Å². The second-order valence-corrected chi connectivity index (χ2v) is 6.00. The van der Waals surface area contributed by atoms with Gasteiger partial charge in [0.2, 0.25) is 0 Å². The summed E-state index contributed by atoms with van der Waals surface area (Å²) in [6, 6.07) is 5.91. The van der Waals surface area contributed by atoms with Gasteiger partial charge in [0.25, 0.3) is 11.8 Å². The van der Waals surface area contributed by atoms with Crippen LogP contribution in [0.1, 0.15) is 26.3 Å². The Kier molecular flexibility index (Phi) is 6.98. The summed E-state index contributed by atoms with van der Waals surface area (Å²) >= 11 is 6.03. The summed E-state index contributed by atoms with van der Waals surface area (Å²) in [5.74, 6) is -2.82. The molecular weight excluding hydrogens is 404 g/mol. The molecule has 2 amide bonds. The van der Waals surface area contributed by atoms with Gasteiger partial charge < -0.3 is 15.4 Å². The lowest BCUT2D eigenvalue weighted by Crippen LogP contribution is -2.27. The van der Waals surface area contributed by atoms with Crippen molar-refractivity contribution < 1.29 is 31.9 Å². The normalized spacial score (nSPS) is 11.2. The number of carbonyl (C=O) groups excluding carboxylic acids is 2. The van der Waals surface area contributed by atoms with E-state index in [1.807, 2.05) is 0 Å². The molecule has 0 saturated heterocycles. The molecule has 10 heteroatoms. The predicted octanol–water partition coefficient (Wildman–Crippen LogP) is 4.13. The van der Waals surface area contributed by atoms with Crippen LogP contribution in [0.5, 0.6) is 0 Å². The maximum atomic E-state index is 13.3. The number of hydrogen-bond acceptors (Lipinski definition) is 3. The highest BCUT2D eigenvalue weighted by atomic mass is 35.5. The molecule has 0 atom stereocenters. The molecule has 0 bridgehead atoms. The Hall–Kier alpha value is -2.65. The summed E-state index contributed by atoms with van der Waals surface area (Å²) in [7, 11) is 1.48. The average Bonchev–Trinajstić information content (AvgIpc) is 2.61. The number of halogens is 5. The van der Waals surface area contributed by atoms with Gasteiger partial charge in [-0.1, -0.05) is 11.6 Å². The van der Waals surface area contributed by atoms with Crippen molar-refractivity contribution in [1.82, 2.24) is 5.32 Å². The summed E-state index contributed by atoms with van der Waals surface area (Å²) < 4.78 is 56.4. The first-order valence-corrected chi connectivity index (χ1v) is 8.26. The first-order valence-electron chi connectivity index (χ1n) is 7.88. The van der Waals surface area contributed by atoms with Crippen LogP contribution in [0.2, 0.25) is 5.02 Å². The van der Waals surface area contributed by atoms with Gasteiger partial charge in [0.05, 0.1) is 22.8 Å². The summed E-state index contributed by atoms with van der Waals surface area (Å²) in [6.45, 7) is 0.589. The zero-order valence-electron chi connectivity index (χ0n) is 14.5. The van der Waals surface area contributed by atoms with Gasteiger partial charge in [0.15, 0.2) is 0 Å². The molecule has 0 saturated carbocycles. The number of amides is 2. The van der Waals surface area contributed by atoms with Gasteiger partial charge in [-0.2, -0.15) is 13.2 Å². The molecule has 0 fully saturated rings. The molecule has 0 unspecified atom stereocenters. The number of anilines is 1. The van der Waals surface area contributed by atoms with Gasteiger partial charge >= 0.3 is 6.18 Å². The third-order valence-corrected chi connectivity index (χ3v) is 3.91. The number of carbonyl (C=O) groups is 2. The minimum absolute atomic E-state index is 0.0304. The van der Waals surface area contributed by atoms with Gasteiger partial charge in [0.1, 0.15) is 5.82 Å². The molecule has 150 valence electrons. The Balaban J connectivity index is 2.15. The molecule has 2 rings (SSSR count). The van der Waals surface area contributed by atoms with Crippen LogP contribution < -0.4 is 10.6 Å². The van der Waals surface area contributed by atoms with E-state index < -0.39 is 29.4 Å². The van der Waals surface area contributed by atoms with Crippen molar-refractivity contribution in [3.63, 3.8) is 0 Å². The Labute approximate surface area is 162 Å². The zero-order chi connectivity index (χ0) is 20.9. The third kappa shape index (κ3) is 5.43. The van der Waals surface area contributed by atoms with E-state index >= 15 is 0 Å². The van der Waals surface area contributed by atoms with Gasteiger partial charge in [-0.3, -0.25) is 9.59 Å². The molecule has 0 radical (unpaired) electrons. The first-order chi connectivity index (χ1) is 13.1. The minimum Gasteiger partial charge on any atom is -0.383 e. The van der Waals surface area contributed by atoms with Gasteiger partial charge in [-0.05, 0) is 36.4 Å². The standard InChI is InChI=1S/C18H15ClF4N2O3/c1-28-7-6-24-17(27)12-4-3-11(9-14(12)19)25-16(26)10-2-5-15(20)13(8-10)18(21,22)23/h2-5,8-9H,6-7H2,1H3,(H,24,27)(H,25,26). The van der Waals surface area contributed by atoms with E-state index in [2.05, 4.69) is 10.6 Å². The fraction of sp³-hybridized carbons (Fsp3) is 0.222. The number of rotatable bonds is 6. The molecule has 0 spiro atoms. The van der Waals surface area contributed by atoms with Crippen molar-refractivity contribution in [2.45, 2.75) is 6.18 Å². The highest BCUT2D eigenvalue weighted by molar-refractivity contribution is 6.34. The Morgan fingerprint density at radius 3 is 2.43 bits per heavy atom. The number of benzene rings is 2. The van der Waals surface area contributed by atoms with E-state index in [-0.39, 0.29) is 28.4 Å². The minimum atomic E-state index is -4.93. The molecule has 2 N–H and O–H groups in total. The van der Waals surface area contributed by atoms with E-state index in [1.54, 1.807) is 0 Å². The van der Waals surface area contributed by atoms with Crippen LogP contribution in [0.25, 0.3) is 0 Å². The number of alkyl halides is 3. The second kappa shape index (κ2) is 9.03. The van der Waals surface area contributed by atoms with E-state index in [1.165, 1.54) is 25.3 Å². The number of methoxy groups -OCH3 is 1. The number of ether oxygens (including phenoxy) is 1. The molecule has 2 aromatic rings. The second-order valence-electron chi connectivity index (χ2n) is 5.59. The molecule has 0 aliphatic heterocycles. The van der Waals surface area contributed by atoms with Crippen LogP contribution >= 0.6 is 11.6 Å². The molecule has 0 heterocycles. The first kappa shape index (κ1) is 21.6. The average molecular weight is 419 g/mol. The van der Waals surface area contributed by atoms with Gasteiger partial charge in [-0.25, -0.2) is 4.39 Å². The van der Waals surface area contributed by atoms with E-state index in [0.29, 0.717) is 18.7 Å². The molecule has 0 aromatic heterocycles. The van der Waals surface area contributed by atoms with Crippen LogP contribution in [-0.2, 0) is 10.9 Å². The Morgan fingerprint density at radius 1 is 1.11 bits per heavy atom. The maximum absolute atomic E-state index is 13.3. The zero-order valence-corrected chi connectivity index (χ0v) is 15.2. The van der Waals surface area contributed by atoms with Crippen LogP contribution in [0.4, 0.5) is 23.2 Å². The Morgan fingerprint density at radius 2 is 1.82 bits per heavy atom. The molecular formula is C18H15ClF4N2O3. The SMILES string of the molecule is COCCNC(=O)c1ccc(NC(=O)c2ccc(F)c(C(F)(F)F)c2)cc1Cl. The number of hydrogen-bond donors (Lipinski definition) is 2. The summed E-state index contributed by atoms with van der Waals surface area (Å²) in [6.07, 6.45) is -4.93. The molecule has 2 aromatic carbocycles. The highest BCUT2D eigenvalue weighted by Gasteiger charge is 2.34. The summed E-state index contributed by atoms with van der Waals surface area (Å²) in [4.78, 5) is 24.2. The van der Waals surface area contributed by atoms with Crippen LogP contribution in [0.3, 0.4) is 0 Å². The fourth-order valence-electron chi connectivity index (χ4n) is 2.23. The molecule has 28 heavy (non-hydrogen) atoms. The van der Waals surface area contributed by atoms with Crippen LogP contribution in [0, 0.1) is 5.82 Å². The fourth-order valence-corrected chi connectivity index (χ4v) is 2.49. The quantitative estimate of drug-likeness (QED) is 0.547. The topological polar surface area (TPSA) is 67.4 Å². The van der Waals surface area contributed by atoms with Gasteiger partial charge in [-0.15, -0.1) is 0 Å². The molecule has 0 aliphatic carbocycles. The lowest BCUT2D eigenvalue weighted by atomic mass is 10.1. The monoisotopic (exact) mass is 418 g/mol. The van der Waals surface area contributed by atoms with Crippen molar-refractivity contribution in [2.75, 3.05) is 25.6 Å². The third-order valence-electron chi connectivity index (χ3n) is 3.60. The van der Waals surface area contributed by atoms with Crippen molar-refractivity contribution in [3.8, 4) is 0 Å². The molecule has 5 nitrogen and oxygen atoms in total. The predicted molar refractivity (Wildman–Crippen MR) is 95.0 cm³/mol. The largest absolute Gasteiger partial charge is 0.419 e.